The fourth-order valence-electron chi connectivity index (χ4n) is 1.82. The monoisotopic (exact) mass is 364 g/mol. The summed E-state index contributed by atoms with van der Waals surface area (Å²) < 4.78 is 5.57. The lowest BCUT2D eigenvalue weighted by atomic mass is 10.1. The third-order valence-corrected chi connectivity index (χ3v) is 3.67. The molecule has 114 valence electrons. The number of nitrogens with zero attached hydrogens (tertiary/aromatic N) is 1. The van der Waals surface area contributed by atoms with Crippen LogP contribution in [-0.4, -0.2) is 24.4 Å². The predicted octanol–water partition coefficient (Wildman–Crippen LogP) is 3.66. The Labute approximate surface area is 135 Å². The van der Waals surface area contributed by atoms with Gasteiger partial charge in [-0.3, -0.25) is 14.9 Å². The number of nitro benzene ring substituents is 1. The number of benzene rings is 2. The zero-order valence-electron chi connectivity index (χ0n) is 11.7. The van der Waals surface area contributed by atoms with E-state index in [1.165, 1.54) is 12.1 Å². The third kappa shape index (κ3) is 3.82. The quantitative estimate of drug-likeness (QED) is 0.480. The maximum absolute atomic E-state index is 12.1. The summed E-state index contributed by atoms with van der Waals surface area (Å²) in [5.41, 5.74) is 1.16. The van der Waals surface area contributed by atoms with Crippen LogP contribution in [0.5, 0.6) is 5.75 Å². The van der Waals surface area contributed by atoms with Crippen molar-refractivity contribution in [3.8, 4) is 5.75 Å². The fraction of sp³-hybridized carbons (Fsp3) is 0.133. The van der Waals surface area contributed by atoms with Crippen molar-refractivity contribution in [2.75, 3.05) is 19.0 Å². The van der Waals surface area contributed by atoms with E-state index in [0.717, 1.165) is 0 Å². The number of ether oxygens (including phenoxy) is 1. The highest BCUT2D eigenvalue weighted by atomic mass is 79.9. The van der Waals surface area contributed by atoms with E-state index in [-0.39, 0.29) is 18.0 Å². The molecule has 2 aromatic carbocycles. The van der Waals surface area contributed by atoms with Crippen LogP contribution in [0, 0.1) is 10.1 Å². The smallest absolute Gasteiger partial charge is 0.270 e. The Kier molecular flexibility index (Phi) is 5.11. The molecule has 0 heterocycles. The average molecular weight is 365 g/mol. The lowest BCUT2D eigenvalue weighted by molar-refractivity contribution is -0.384. The van der Waals surface area contributed by atoms with Gasteiger partial charge in [0.1, 0.15) is 5.75 Å². The van der Waals surface area contributed by atoms with Crippen LogP contribution >= 0.6 is 15.9 Å². The molecular formula is C15H13BrN2O4. The Morgan fingerprint density at radius 2 is 1.95 bits per heavy atom. The van der Waals surface area contributed by atoms with E-state index in [2.05, 4.69) is 21.2 Å². The molecule has 0 fully saturated rings. The van der Waals surface area contributed by atoms with Gasteiger partial charge in [0.05, 0.1) is 18.6 Å². The molecule has 0 aliphatic heterocycles. The Morgan fingerprint density at radius 1 is 1.27 bits per heavy atom. The number of nitrogens with one attached hydrogen (secondary N) is 1. The van der Waals surface area contributed by atoms with Gasteiger partial charge in [0.25, 0.3) is 5.69 Å². The van der Waals surface area contributed by atoms with E-state index in [1.54, 1.807) is 37.4 Å². The number of halogens is 1. The summed E-state index contributed by atoms with van der Waals surface area (Å²) in [6, 6.07) is 11.1. The molecule has 1 N–H and O–H groups in total. The van der Waals surface area contributed by atoms with Crippen molar-refractivity contribution in [2.45, 2.75) is 0 Å². The van der Waals surface area contributed by atoms with Crippen LogP contribution in [0.15, 0.2) is 46.9 Å². The largest absolute Gasteiger partial charge is 0.497 e. The second-order valence-corrected chi connectivity index (χ2v) is 5.28. The molecule has 6 nitrogen and oxygen atoms in total. The summed E-state index contributed by atoms with van der Waals surface area (Å²) in [5.74, 6) is 0.593. The maximum Gasteiger partial charge on any atom is 0.270 e. The summed E-state index contributed by atoms with van der Waals surface area (Å²) in [6.45, 7) is 0.0861. The number of carbonyl (C=O) groups excluding carboxylic acids is 1. The molecule has 7 heteroatoms. The highest BCUT2D eigenvalue weighted by Gasteiger charge is 2.11. The van der Waals surface area contributed by atoms with E-state index >= 15 is 0 Å². The van der Waals surface area contributed by atoms with Gasteiger partial charge in [-0.05, 0) is 46.3 Å². The van der Waals surface area contributed by atoms with Gasteiger partial charge in [-0.1, -0.05) is 0 Å². The van der Waals surface area contributed by atoms with E-state index < -0.39 is 4.92 Å². The van der Waals surface area contributed by atoms with Crippen LogP contribution in [0.1, 0.15) is 10.4 Å². The van der Waals surface area contributed by atoms with Gasteiger partial charge in [-0.2, -0.15) is 0 Å². The minimum atomic E-state index is -0.475. The number of ketones is 1. The highest BCUT2D eigenvalue weighted by Crippen LogP contribution is 2.27. The summed E-state index contributed by atoms with van der Waals surface area (Å²) >= 11 is 3.25. The molecule has 0 amide bonds. The molecule has 2 rings (SSSR count). The zero-order chi connectivity index (χ0) is 16.1. The average Bonchev–Trinajstić information content (AvgIpc) is 2.53. The number of non-ortho nitro benzene ring substituents is 1. The van der Waals surface area contributed by atoms with Gasteiger partial charge in [-0.25, -0.2) is 0 Å². The molecule has 0 atom stereocenters. The third-order valence-electron chi connectivity index (χ3n) is 3.01. The van der Waals surface area contributed by atoms with Gasteiger partial charge >= 0.3 is 0 Å². The maximum atomic E-state index is 12.1. The van der Waals surface area contributed by atoms with Crippen molar-refractivity contribution < 1.29 is 14.5 Å². The molecule has 0 aliphatic carbocycles. The topological polar surface area (TPSA) is 81.5 Å². The van der Waals surface area contributed by atoms with Crippen LogP contribution in [0.2, 0.25) is 0 Å². The Hall–Kier alpha value is -2.41. The van der Waals surface area contributed by atoms with Gasteiger partial charge in [0.2, 0.25) is 0 Å². The number of rotatable bonds is 6. The first-order chi connectivity index (χ1) is 10.5. The second kappa shape index (κ2) is 7.04. The van der Waals surface area contributed by atoms with E-state index in [4.69, 9.17) is 4.74 Å². The molecule has 0 aliphatic rings. The van der Waals surface area contributed by atoms with Crippen LogP contribution in [0.3, 0.4) is 0 Å². The highest BCUT2D eigenvalue weighted by molar-refractivity contribution is 9.10. The van der Waals surface area contributed by atoms with Gasteiger partial charge in [-0.15, -0.1) is 0 Å². The number of hydrogen-bond acceptors (Lipinski definition) is 5. The lowest BCUT2D eigenvalue weighted by Gasteiger charge is -2.08. The minimum Gasteiger partial charge on any atom is -0.497 e. The van der Waals surface area contributed by atoms with E-state index in [9.17, 15) is 14.9 Å². The first-order valence-corrected chi connectivity index (χ1v) is 7.15. The van der Waals surface area contributed by atoms with Gasteiger partial charge in [0, 0.05) is 27.9 Å². The number of nitro groups is 1. The summed E-state index contributed by atoms with van der Waals surface area (Å²) in [7, 11) is 1.56. The normalized spacial score (nSPS) is 10.1. The molecule has 0 radical (unpaired) electrons. The Morgan fingerprint density at radius 3 is 2.50 bits per heavy atom. The van der Waals surface area contributed by atoms with Crippen LogP contribution in [0.25, 0.3) is 0 Å². The molecular weight excluding hydrogens is 352 g/mol. The van der Waals surface area contributed by atoms with Crippen molar-refractivity contribution in [2.24, 2.45) is 0 Å². The molecule has 0 unspecified atom stereocenters. The molecule has 0 saturated heterocycles. The molecule has 0 bridgehead atoms. The van der Waals surface area contributed by atoms with Gasteiger partial charge in [0.15, 0.2) is 5.78 Å². The van der Waals surface area contributed by atoms with E-state index in [0.29, 0.717) is 21.5 Å². The summed E-state index contributed by atoms with van der Waals surface area (Å²) in [5, 5.41) is 13.6. The second-order valence-electron chi connectivity index (χ2n) is 4.43. The first kappa shape index (κ1) is 16.0. The number of carbonyl (C=O) groups is 1. The van der Waals surface area contributed by atoms with Gasteiger partial charge < -0.3 is 10.1 Å². The predicted molar refractivity (Wildman–Crippen MR) is 86.6 cm³/mol. The number of methoxy groups -OCH3 is 1. The van der Waals surface area contributed by atoms with E-state index in [1.807, 2.05) is 0 Å². The SMILES string of the molecule is COc1ccc(C(=O)CNc2ccc([N+](=O)[O-])cc2Br)cc1. The molecule has 2 aromatic rings. The molecule has 22 heavy (non-hydrogen) atoms. The number of Topliss-reactive ketones (excluding diaryl/α,β-unsaturated/α-hetero) is 1. The van der Waals surface area contributed by atoms with Crippen LogP contribution in [0.4, 0.5) is 11.4 Å². The zero-order valence-corrected chi connectivity index (χ0v) is 13.3. The summed E-state index contributed by atoms with van der Waals surface area (Å²) in [4.78, 5) is 22.3. The van der Waals surface area contributed by atoms with Crippen molar-refractivity contribution in [1.29, 1.82) is 0 Å². The molecule has 0 saturated carbocycles. The Balaban J connectivity index is 2.02. The lowest BCUT2D eigenvalue weighted by Crippen LogP contribution is -2.14. The molecule has 0 spiro atoms. The minimum absolute atomic E-state index is 0.0149. The van der Waals surface area contributed by atoms with Crippen molar-refractivity contribution in [3.05, 3.63) is 62.6 Å². The molecule has 0 aromatic heterocycles. The van der Waals surface area contributed by atoms with Crippen LogP contribution < -0.4 is 10.1 Å². The Bertz CT molecular complexity index is 701. The number of hydrogen-bond donors (Lipinski definition) is 1. The van der Waals surface area contributed by atoms with Crippen molar-refractivity contribution in [3.63, 3.8) is 0 Å². The number of anilines is 1. The van der Waals surface area contributed by atoms with Crippen molar-refractivity contribution in [1.82, 2.24) is 0 Å². The standard InChI is InChI=1S/C15H13BrN2O4/c1-22-12-5-2-10(3-6-12)15(19)9-17-14-7-4-11(18(20)21)8-13(14)16/h2-8,17H,9H2,1H3. The van der Waals surface area contributed by atoms with Crippen molar-refractivity contribution >= 4 is 33.1 Å². The summed E-state index contributed by atoms with van der Waals surface area (Å²) in [6.07, 6.45) is 0. The first-order valence-electron chi connectivity index (χ1n) is 6.36. The van der Waals surface area contributed by atoms with Crippen LogP contribution in [-0.2, 0) is 0 Å². The fourth-order valence-corrected chi connectivity index (χ4v) is 2.32.